The van der Waals surface area contributed by atoms with Gasteiger partial charge in [-0.2, -0.15) is 4.98 Å². The molecule has 0 atom stereocenters. The number of anilines is 1. The first kappa shape index (κ1) is 14.8. The van der Waals surface area contributed by atoms with Crippen LogP contribution in [0.3, 0.4) is 0 Å². The maximum Gasteiger partial charge on any atom is 0.360 e. The van der Waals surface area contributed by atoms with Gasteiger partial charge in [-0.05, 0) is 19.9 Å². The summed E-state index contributed by atoms with van der Waals surface area (Å²) >= 11 is 0. The van der Waals surface area contributed by atoms with Crippen molar-refractivity contribution >= 4 is 12.0 Å². The quantitative estimate of drug-likeness (QED) is 0.558. The van der Waals surface area contributed by atoms with Crippen LogP contribution in [-0.4, -0.2) is 61.7 Å². The minimum Gasteiger partial charge on any atom is -0.461 e. The van der Waals surface area contributed by atoms with E-state index in [1.165, 1.54) is 6.26 Å². The van der Waals surface area contributed by atoms with Crippen LogP contribution >= 0.6 is 0 Å². The van der Waals surface area contributed by atoms with Crippen LogP contribution < -0.4 is 10.6 Å². The molecular weight excluding hydrogens is 260 g/mol. The van der Waals surface area contributed by atoms with Crippen LogP contribution in [0.1, 0.15) is 23.8 Å². The zero-order chi connectivity index (χ0) is 14.2. The Morgan fingerprint density at radius 1 is 1.55 bits per heavy atom. The molecular formula is C13H22N4O3. The minimum atomic E-state index is -0.454. The fraction of sp³-hybridized carbons (Fsp3) is 0.692. The molecule has 2 rings (SSSR count). The molecule has 7 nitrogen and oxygen atoms in total. The number of hydrogen-bond donors (Lipinski definition) is 2. The number of nitrogens with zero attached hydrogens (tertiary/aromatic N) is 2. The summed E-state index contributed by atoms with van der Waals surface area (Å²) < 4.78 is 10.0. The molecule has 0 bridgehead atoms. The van der Waals surface area contributed by atoms with Crippen molar-refractivity contribution in [2.45, 2.75) is 13.3 Å². The number of ether oxygens (including phenoxy) is 1. The normalized spacial score (nSPS) is 16.1. The summed E-state index contributed by atoms with van der Waals surface area (Å²) in [6, 6.07) is 0.369. The molecule has 0 aromatic carbocycles. The Morgan fingerprint density at radius 3 is 3.10 bits per heavy atom. The van der Waals surface area contributed by atoms with E-state index >= 15 is 0 Å². The Morgan fingerprint density at radius 2 is 2.35 bits per heavy atom. The van der Waals surface area contributed by atoms with Crippen molar-refractivity contribution in [1.29, 1.82) is 0 Å². The van der Waals surface area contributed by atoms with E-state index in [9.17, 15) is 4.79 Å². The van der Waals surface area contributed by atoms with Crippen LogP contribution in [0.4, 0.5) is 6.01 Å². The molecule has 1 aromatic heterocycles. The largest absolute Gasteiger partial charge is 0.461 e. The summed E-state index contributed by atoms with van der Waals surface area (Å²) in [5.41, 5.74) is 0.205. The van der Waals surface area contributed by atoms with Gasteiger partial charge in [0.1, 0.15) is 6.26 Å². The smallest absolute Gasteiger partial charge is 0.360 e. The lowest BCUT2D eigenvalue weighted by Crippen LogP contribution is -2.44. The number of carbonyl (C=O) groups is 1. The molecule has 1 fully saturated rings. The van der Waals surface area contributed by atoms with E-state index in [4.69, 9.17) is 9.15 Å². The molecule has 1 aliphatic heterocycles. The van der Waals surface area contributed by atoms with Crippen LogP contribution in [0.5, 0.6) is 0 Å². The van der Waals surface area contributed by atoms with E-state index in [0.717, 1.165) is 45.7 Å². The van der Waals surface area contributed by atoms with Crippen molar-refractivity contribution in [3.8, 4) is 0 Å². The zero-order valence-corrected chi connectivity index (χ0v) is 11.9. The van der Waals surface area contributed by atoms with Crippen LogP contribution in [0, 0.1) is 0 Å². The first-order valence-corrected chi connectivity index (χ1v) is 7.09. The molecule has 1 aliphatic rings. The van der Waals surface area contributed by atoms with E-state index in [2.05, 4.69) is 20.5 Å². The van der Waals surface area contributed by atoms with Gasteiger partial charge >= 0.3 is 5.97 Å². The van der Waals surface area contributed by atoms with E-state index in [1.807, 2.05) is 0 Å². The molecule has 0 spiro atoms. The van der Waals surface area contributed by atoms with Gasteiger partial charge in [0.05, 0.1) is 6.61 Å². The predicted octanol–water partition coefficient (Wildman–Crippen LogP) is 0.558. The molecule has 7 heteroatoms. The fourth-order valence-corrected chi connectivity index (χ4v) is 2.09. The number of piperazine rings is 1. The lowest BCUT2D eigenvalue weighted by atomic mass is 10.3. The van der Waals surface area contributed by atoms with Crippen molar-refractivity contribution in [1.82, 2.24) is 15.2 Å². The summed E-state index contributed by atoms with van der Waals surface area (Å²) in [4.78, 5) is 17.9. The first-order chi connectivity index (χ1) is 9.79. The SMILES string of the molecule is CCOC(=O)c1coc(NCCCN2CCNCC2)n1. The van der Waals surface area contributed by atoms with Crippen molar-refractivity contribution in [2.24, 2.45) is 0 Å². The lowest BCUT2D eigenvalue weighted by Gasteiger charge is -2.26. The van der Waals surface area contributed by atoms with Crippen molar-refractivity contribution in [2.75, 3.05) is 51.2 Å². The van der Waals surface area contributed by atoms with Gasteiger partial charge in [0, 0.05) is 32.7 Å². The van der Waals surface area contributed by atoms with Crippen LogP contribution in [0.25, 0.3) is 0 Å². The molecule has 112 valence electrons. The van der Waals surface area contributed by atoms with Gasteiger partial charge in [-0.3, -0.25) is 0 Å². The average Bonchev–Trinajstić information content (AvgIpc) is 2.94. The number of hydrogen-bond acceptors (Lipinski definition) is 7. The maximum absolute atomic E-state index is 11.4. The molecule has 20 heavy (non-hydrogen) atoms. The average molecular weight is 282 g/mol. The van der Waals surface area contributed by atoms with Crippen molar-refractivity contribution < 1.29 is 13.9 Å². The third-order valence-corrected chi connectivity index (χ3v) is 3.13. The number of oxazole rings is 1. The van der Waals surface area contributed by atoms with Gasteiger partial charge < -0.3 is 24.7 Å². The van der Waals surface area contributed by atoms with E-state index < -0.39 is 5.97 Å². The van der Waals surface area contributed by atoms with Gasteiger partial charge in [0.25, 0.3) is 6.01 Å². The van der Waals surface area contributed by atoms with Crippen molar-refractivity contribution in [3.63, 3.8) is 0 Å². The highest BCUT2D eigenvalue weighted by molar-refractivity contribution is 5.87. The van der Waals surface area contributed by atoms with Gasteiger partial charge in [0.2, 0.25) is 0 Å². The number of carbonyl (C=O) groups excluding carboxylic acids is 1. The van der Waals surface area contributed by atoms with Crippen LogP contribution in [-0.2, 0) is 4.74 Å². The molecule has 2 heterocycles. The maximum atomic E-state index is 11.4. The minimum absolute atomic E-state index is 0.205. The highest BCUT2D eigenvalue weighted by Gasteiger charge is 2.13. The van der Waals surface area contributed by atoms with Gasteiger partial charge in [-0.1, -0.05) is 0 Å². The second-order valence-electron chi connectivity index (χ2n) is 4.63. The van der Waals surface area contributed by atoms with E-state index in [-0.39, 0.29) is 5.69 Å². The molecule has 0 amide bonds. The second-order valence-corrected chi connectivity index (χ2v) is 4.63. The number of nitrogens with one attached hydrogen (secondary N) is 2. The van der Waals surface area contributed by atoms with E-state index in [1.54, 1.807) is 6.92 Å². The molecule has 0 radical (unpaired) electrons. The Labute approximate surface area is 118 Å². The van der Waals surface area contributed by atoms with Crippen LogP contribution in [0.15, 0.2) is 10.7 Å². The third kappa shape index (κ3) is 4.50. The summed E-state index contributed by atoms with van der Waals surface area (Å²) in [6.45, 7) is 8.25. The first-order valence-electron chi connectivity index (χ1n) is 7.09. The van der Waals surface area contributed by atoms with Gasteiger partial charge in [-0.15, -0.1) is 0 Å². The predicted molar refractivity (Wildman–Crippen MR) is 74.9 cm³/mol. The van der Waals surface area contributed by atoms with Gasteiger partial charge in [0.15, 0.2) is 5.69 Å². The Kier molecular flexibility index (Phi) is 5.82. The fourth-order valence-electron chi connectivity index (χ4n) is 2.09. The molecule has 0 saturated carbocycles. The molecule has 1 saturated heterocycles. The zero-order valence-electron chi connectivity index (χ0n) is 11.9. The third-order valence-electron chi connectivity index (χ3n) is 3.13. The Balaban J connectivity index is 1.65. The number of aromatic nitrogens is 1. The summed E-state index contributed by atoms with van der Waals surface area (Å²) in [6.07, 6.45) is 2.33. The summed E-state index contributed by atoms with van der Waals surface area (Å²) in [5.74, 6) is -0.454. The standard InChI is InChI=1S/C13H22N4O3/c1-2-19-12(18)11-10-20-13(16-11)15-4-3-7-17-8-5-14-6-9-17/h10,14H,2-9H2,1H3,(H,15,16). The highest BCUT2D eigenvalue weighted by Crippen LogP contribution is 2.08. The van der Waals surface area contributed by atoms with Crippen LogP contribution in [0.2, 0.25) is 0 Å². The number of rotatable bonds is 7. The topological polar surface area (TPSA) is 79.6 Å². The summed E-state index contributed by atoms with van der Waals surface area (Å²) in [5, 5.41) is 6.40. The van der Waals surface area contributed by atoms with E-state index in [0.29, 0.717) is 12.6 Å². The number of esters is 1. The molecule has 1 aromatic rings. The van der Waals surface area contributed by atoms with Crippen molar-refractivity contribution in [3.05, 3.63) is 12.0 Å². The molecule has 0 aliphatic carbocycles. The Bertz CT molecular complexity index is 416. The Hall–Kier alpha value is -1.60. The highest BCUT2D eigenvalue weighted by atomic mass is 16.5. The molecule has 2 N–H and O–H groups in total. The summed E-state index contributed by atoms with van der Waals surface area (Å²) in [7, 11) is 0. The second kappa shape index (κ2) is 7.86. The molecule has 0 unspecified atom stereocenters. The lowest BCUT2D eigenvalue weighted by molar-refractivity contribution is 0.0519. The monoisotopic (exact) mass is 282 g/mol. The van der Waals surface area contributed by atoms with Gasteiger partial charge in [-0.25, -0.2) is 4.79 Å².